The van der Waals surface area contributed by atoms with E-state index in [1.54, 1.807) is 48.9 Å². The molecule has 2 heterocycles. The van der Waals surface area contributed by atoms with Crippen molar-refractivity contribution in [3.63, 3.8) is 0 Å². The van der Waals surface area contributed by atoms with Crippen LogP contribution in [0.4, 0.5) is 0 Å². The van der Waals surface area contributed by atoms with Crippen molar-refractivity contribution in [3.05, 3.63) is 153 Å². The summed E-state index contributed by atoms with van der Waals surface area (Å²) in [5.41, 5.74) is 18.6. The first-order chi connectivity index (χ1) is 24.4. The minimum atomic E-state index is 0.184. The maximum absolute atomic E-state index is 9.28. The van der Waals surface area contributed by atoms with Crippen molar-refractivity contribution in [2.75, 3.05) is 6.54 Å². The van der Waals surface area contributed by atoms with Gasteiger partial charge in [-0.25, -0.2) is 9.97 Å². The van der Waals surface area contributed by atoms with Crippen LogP contribution in [-0.2, 0) is 26.4 Å². The highest BCUT2D eigenvalue weighted by Crippen LogP contribution is 2.39. The van der Waals surface area contributed by atoms with Crippen LogP contribution in [0.1, 0.15) is 33.4 Å². The van der Waals surface area contributed by atoms with Gasteiger partial charge in [0, 0.05) is 71.9 Å². The Kier molecular flexibility index (Phi) is 12.6. The summed E-state index contributed by atoms with van der Waals surface area (Å²) in [5, 5.41) is 13.5. The molecule has 254 valence electrons. The van der Waals surface area contributed by atoms with Gasteiger partial charge in [-0.3, -0.25) is 4.98 Å². The summed E-state index contributed by atoms with van der Waals surface area (Å²) in [6, 6.07) is 19.1. The van der Waals surface area contributed by atoms with E-state index in [2.05, 4.69) is 26.3 Å². The number of pyridine rings is 1. The third-order valence-electron chi connectivity index (χ3n) is 7.59. The zero-order valence-corrected chi connectivity index (χ0v) is 28.8. The number of hydrogen-bond donors (Lipinski definition) is 3. The number of hydrogen-bond acceptors (Lipinski definition) is 10. The van der Waals surface area contributed by atoms with Gasteiger partial charge in [0.25, 0.3) is 0 Å². The molecule has 0 unspecified atom stereocenters. The molecule has 0 spiro atoms. The van der Waals surface area contributed by atoms with Crippen molar-refractivity contribution >= 4 is 23.2 Å². The number of nitriles is 1. The van der Waals surface area contributed by atoms with Crippen LogP contribution in [-0.4, -0.2) is 21.5 Å². The first kappa shape index (κ1) is 35.7. The molecule has 3 aromatic carbocycles. The lowest BCUT2D eigenvalue weighted by molar-refractivity contribution is 0.287. The van der Waals surface area contributed by atoms with E-state index in [0.717, 1.165) is 38.9 Å². The maximum atomic E-state index is 9.28. The molecule has 5 rings (SSSR count). The Morgan fingerprint density at radius 2 is 1.56 bits per heavy atom. The topological polar surface area (TPSA) is 154 Å². The third kappa shape index (κ3) is 9.51. The quantitative estimate of drug-likeness (QED) is 0.0954. The molecule has 5 N–H and O–H groups in total. The molecule has 10 nitrogen and oxygen atoms in total. The second-order valence-electron chi connectivity index (χ2n) is 11.1. The molecule has 2 aromatic heterocycles. The Morgan fingerprint density at radius 3 is 2.36 bits per heavy atom. The van der Waals surface area contributed by atoms with Gasteiger partial charge in [-0.1, -0.05) is 53.5 Å². The van der Waals surface area contributed by atoms with Crippen molar-refractivity contribution in [1.82, 2.24) is 20.3 Å². The smallest absolute Gasteiger partial charge is 0.142 e. The largest absolute Gasteiger partial charge is 0.488 e. The van der Waals surface area contributed by atoms with E-state index < -0.39 is 0 Å². The summed E-state index contributed by atoms with van der Waals surface area (Å²) >= 11 is 13.6. The summed E-state index contributed by atoms with van der Waals surface area (Å²) in [6.45, 7) is 3.57. The zero-order chi connectivity index (χ0) is 35.3. The van der Waals surface area contributed by atoms with Crippen LogP contribution in [0.15, 0.2) is 110 Å². The summed E-state index contributed by atoms with van der Waals surface area (Å²) in [4.78, 5) is 12.2. The average Bonchev–Trinajstić information content (AvgIpc) is 3.14. The Balaban J connectivity index is 1.35. The number of benzene rings is 3. The van der Waals surface area contributed by atoms with E-state index in [1.165, 1.54) is 18.7 Å². The van der Waals surface area contributed by atoms with E-state index in [4.69, 9.17) is 48.9 Å². The molecule has 0 bridgehead atoms. The molecule has 0 saturated carbocycles. The van der Waals surface area contributed by atoms with Crippen molar-refractivity contribution in [3.8, 4) is 34.4 Å². The van der Waals surface area contributed by atoms with Gasteiger partial charge < -0.3 is 31.0 Å². The zero-order valence-electron chi connectivity index (χ0n) is 27.3. The lowest BCUT2D eigenvalue weighted by atomic mass is 9.96. The number of nitrogens with zero attached hydrogens (tertiary/aromatic N) is 4. The number of aromatic nitrogens is 3. The summed E-state index contributed by atoms with van der Waals surface area (Å²) < 4.78 is 18.5. The highest BCUT2D eigenvalue weighted by molar-refractivity contribution is 6.35. The second-order valence-corrected chi connectivity index (χ2v) is 11.9. The Bertz CT molecular complexity index is 2030. The maximum Gasteiger partial charge on any atom is 0.142 e. The fraction of sp³-hybridized carbons (Fsp3) is 0.158. The van der Waals surface area contributed by atoms with Crippen LogP contribution in [0, 0.1) is 18.3 Å². The molecule has 5 aromatic rings. The fourth-order valence-corrected chi connectivity index (χ4v) is 5.53. The Morgan fingerprint density at radius 1 is 0.840 bits per heavy atom. The van der Waals surface area contributed by atoms with E-state index >= 15 is 0 Å². The van der Waals surface area contributed by atoms with Crippen LogP contribution in [0.5, 0.6) is 17.2 Å². The Hall–Kier alpha value is -5.60. The molecule has 0 aliphatic rings. The fourth-order valence-electron chi connectivity index (χ4n) is 5.01. The number of ether oxygens (including phenoxy) is 3. The van der Waals surface area contributed by atoms with Crippen LogP contribution in [0.25, 0.3) is 11.1 Å². The van der Waals surface area contributed by atoms with Crippen LogP contribution in [0.3, 0.4) is 0 Å². The number of allylic oxidation sites excluding steroid dienone is 2. The van der Waals surface area contributed by atoms with Crippen LogP contribution >= 0.6 is 23.2 Å². The van der Waals surface area contributed by atoms with Crippen molar-refractivity contribution in [2.24, 2.45) is 11.5 Å². The molecule has 0 atom stereocenters. The standard InChI is InChI=1S/C38H35Cl2N7O3/c1-25-29(5-2-7-32(25)33-8-3-9-35(38(33)40)48-22-28-17-46-24-47-18-28)23-50-37-13-36(49-21-27-11-26(14-42)15-44-16-27)30(12-34(37)39)19-45-20-31(43)6-4-10-41/h2-13,15-18,24,45H,19-23,41,43H2,1H3/b10-4-,31-6-. The third-order valence-corrected chi connectivity index (χ3v) is 8.28. The molecular weight excluding hydrogens is 673 g/mol. The highest BCUT2D eigenvalue weighted by Gasteiger charge is 2.16. The number of nitrogens with one attached hydrogen (secondary N) is 1. The van der Waals surface area contributed by atoms with Crippen molar-refractivity contribution in [2.45, 2.75) is 33.3 Å². The molecule has 12 heteroatoms. The van der Waals surface area contributed by atoms with Gasteiger partial charge >= 0.3 is 0 Å². The molecule has 0 aliphatic carbocycles. The number of halogens is 2. The number of nitrogens with two attached hydrogens (primary N) is 2. The predicted molar refractivity (Wildman–Crippen MR) is 194 cm³/mol. The van der Waals surface area contributed by atoms with E-state index in [1.807, 2.05) is 43.3 Å². The Labute approximate surface area is 301 Å². The van der Waals surface area contributed by atoms with E-state index in [9.17, 15) is 5.26 Å². The SMILES string of the molecule is Cc1c(COc2cc(OCc3cncc(C#N)c3)c(CNC/C(N)=C/C=C\N)cc2Cl)cccc1-c1cccc(OCc2cncnc2)c1Cl. The van der Waals surface area contributed by atoms with Gasteiger partial charge in [0.15, 0.2) is 0 Å². The minimum Gasteiger partial charge on any atom is -0.488 e. The second kappa shape index (κ2) is 17.7. The van der Waals surface area contributed by atoms with E-state index in [0.29, 0.717) is 58.3 Å². The lowest BCUT2D eigenvalue weighted by Gasteiger charge is -2.18. The summed E-state index contributed by atoms with van der Waals surface area (Å²) in [5.74, 6) is 1.56. The monoisotopic (exact) mass is 707 g/mol. The lowest BCUT2D eigenvalue weighted by Crippen LogP contribution is -2.21. The first-order valence-electron chi connectivity index (χ1n) is 15.6. The average molecular weight is 709 g/mol. The van der Waals surface area contributed by atoms with E-state index in [-0.39, 0.29) is 13.2 Å². The van der Waals surface area contributed by atoms with Gasteiger partial charge in [-0.15, -0.1) is 0 Å². The summed E-state index contributed by atoms with van der Waals surface area (Å²) in [7, 11) is 0. The molecule has 0 aliphatic heterocycles. The molecule has 0 radical (unpaired) electrons. The molecule has 0 amide bonds. The summed E-state index contributed by atoms with van der Waals surface area (Å²) in [6.07, 6.45) is 12.8. The highest BCUT2D eigenvalue weighted by atomic mass is 35.5. The molecule has 50 heavy (non-hydrogen) atoms. The van der Waals surface area contributed by atoms with Gasteiger partial charge in [0.1, 0.15) is 49.5 Å². The minimum absolute atomic E-state index is 0.184. The van der Waals surface area contributed by atoms with Crippen molar-refractivity contribution < 1.29 is 14.2 Å². The molecule has 0 fully saturated rings. The first-order valence-corrected chi connectivity index (χ1v) is 16.3. The molecule has 0 saturated heterocycles. The van der Waals surface area contributed by atoms with Gasteiger partial charge in [0.05, 0.1) is 15.6 Å². The number of rotatable bonds is 15. The van der Waals surface area contributed by atoms with Gasteiger partial charge in [-0.05, 0) is 60.2 Å². The van der Waals surface area contributed by atoms with Gasteiger partial charge in [0.2, 0.25) is 0 Å². The molecular formula is C38H35Cl2N7O3. The van der Waals surface area contributed by atoms with Gasteiger partial charge in [-0.2, -0.15) is 5.26 Å². The van der Waals surface area contributed by atoms with Crippen LogP contribution in [0.2, 0.25) is 10.0 Å². The van der Waals surface area contributed by atoms with Crippen molar-refractivity contribution in [1.29, 1.82) is 5.26 Å². The van der Waals surface area contributed by atoms with Crippen LogP contribution < -0.4 is 31.0 Å². The predicted octanol–water partition coefficient (Wildman–Crippen LogP) is 7.17. The normalized spacial score (nSPS) is 11.4.